The number of fused-ring (bicyclic) bond motifs is 1. The zero-order valence-corrected chi connectivity index (χ0v) is 21.3. The third kappa shape index (κ3) is 6.79. The predicted octanol–water partition coefficient (Wildman–Crippen LogP) is 3.20. The highest BCUT2D eigenvalue weighted by molar-refractivity contribution is 7.71. The van der Waals surface area contributed by atoms with Gasteiger partial charge >= 0.3 is 12.1 Å². The Hall–Kier alpha value is -2.06. The van der Waals surface area contributed by atoms with Crippen LogP contribution in [0.2, 0.25) is 0 Å². The number of hydrogen-bond donors (Lipinski definition) is 2. The number of halogens is 3. The lowest BCUT2D eigenvalue weighted by Crippen LogP contribution is -2.42. The van der Waals surface area contributed by atoms with E-state index in [-0.39, 0.29) is 23.5 Å². The number of allylic oxidation sites excluding steroid dienone is 1. The smallest absolute Gasteiger partial charge is 0.394 e. The van der Waals surface area contributed by atoms with Crippen molar-refractivity contribution >= 4 is 18.1 Å². The number of aliphatic hydroxyl groups is 1. The molecule has 9 nitrogen and oxygen atoms in total. The number of hydrogen-bond acceptors (Lipinski definition) is 7. The summed E-state index contributed by atoms with van der Waals surface area (Å²) in [7, 11) is 0. The van der Waals surface area contributed by atoms with Crippen LogP contribution in [-0.2, 0) is 25.5 Å². The molecule has 0 spiro atoms. The summed E-state index contributed by atoms with van der Waals surface area (Å²) in [6.07, 6.45) is -5.37. The van der Waals surface area contributed by atoms with E-state index in [2.05, 4.69) is 4.98 Å². The van der Waals surface area contributed by atoms with Gasteiger partial charge in [0.1, 0.15) is 18.3 Å². The fourth-order valence-electron chi connectivity index (χ4n) is 3.76. The van der Waals surface area contributed by atoms with Crippen molar-refractivity contribution in [1.29, 1.82) is 0 Å². The van der Waals surface area contributed by atoms with Crippen LogP contribution in [0, 0.1) is 4.77 Å². The molecule has 0 bridgehead atoms. The Morgan fingerprint density at radius 1 is 1.29 bits per heavy atom. The van der Waals surface area contributed by atoms with E-state index in [1.54, 1.807) is 27.7 Å². The number of nitrogens with one attached hydrogen (secondary N) is 1. The van der Waals surface area contributed by atoms with Crippen molar-refractivity contribution in [2.75, 3.05) is 13.2 Å². The van der Waals surface area contributed by atoms with Crippen molar-refractivity contribution in [2.24, 2.45) is 0 Å². The highest BCUT2D eigenvalue weighted by Gasteiger charge is 2.55. The van der Waals surface area contributed by atoms with E-state index in [4.69, 9.17) is 26.4 Å². The third-order valence-corrected chi connectivity index (χ3v) is 5.54. The van der Waals surface area contributed by atoms with Gasteiger partial charge in [-0.3, -0.25) is 19.1 Å². The summed E-state index contributed by atoms with van der Waals surface area (Å²) < 4.78 is 58.2. The fraction of sp³-hybridized carbons (Fsp3) is 0.682. The van der Waals surface area contributed by atoms with Gasteiger partial charge in [0, 0.05) is 12.7 Å². The monoisotopic (exact) mass is 523 g/mol. The van der Waals surface area contributed by atoms with E-state index in [1.165, 1.54) is 16.8 Å². The number of amides is 1. The molecule has 2 aliphatic heterocycles. The molecule has 2 N–H and O–H groups in total. The number of alkyl halides is 3. The number of nitrogens with zero attached hydrogens (tertiary/aromatic N) is 2. The van der Waals surface area contributed by atoms with Gasteiger partial charge < -0.3 is 24.2 Å². The quantitative estimate of drug-likeness (QED) is 0.436. The molecular formula is C22H32F3N3O6S. The Morgan fingerprint density at radius 2 is 1.89 bits per heavy atom. The number of aromatic amines is 1. The highest BCUT2D eigenvalue weighted by atomic mass is 32.1. The average molecular weight is 524 g/mol. The van der Waals surface area contributed by atoms with E-state index in [1.807, 2.05) is 13.8 Å². The minimum Gasteiger partial charge on any atom is -0.394 e. The normalized spacial score (nSPS) is 24.9. The lowest BCUT2D eigenvalue weighted by Gasteiger charge is -2.26. The van der Waals surface area contributed by atoms with Gasteiger partial charge in [-0.15, -0.1) is 0 Å². The second-order valence-electron chi connectivity index (χ2n) is 8.60. The van der Waals surface area contributed by atoms with Crippen LogP contribution in [-0.4, -0.2) is 68.9 Å². The minimum absolute atomic E-state index is 0.0580. The van der Waals surface area contributed by atoms with Crippen LogP contribution in [0.1, 0.15) is 53.3 Å². The predicted molar refractivity (Wildman–Crippen MR) is 123 cm³/mol. The summed E-state index contributed by atoms with van der Waals surface area (Å²) in [6.45, 7) is 9.44. The fourth-order valence-corrected chi connectivity index (χ4v) is 4.00. The molecule has 35 heavy (non-hydrogen) atoms. The molecule has 0 radical (unpaired) electrons. The molecule has 0 aliphatic carbocycles. The molecular weight excluding hydrogens is 491 g/mol. The molecule has 1 aromatic heterocycles. The molecule has 3 rings (SSSR count). The largest absolute Gasteiger partial charge is 0.471 e. The molecule has 4 unspecified atom stereocenters. The summed E-state index contributed by atoms with van der Waals surface area (Å²) in [5.41, 5.74) is -0.152. The van der Waals surface area contributed by atoms with Gasteiger partial charge in [0.05, 0.1) is 18.7 Å². The molecule has 0 saturated carbocycles. The van der Waals surface area contributed by atoms with Crippen LogP contribution in [0.3, 0.4) is 0 Å². The molecule has 1 aromatic rings. The number of aliphatic hydroxyl groups excluding tert-OH is 1. The first kappa shape index (κ1) is 29.2. The van der Waals surface area contributed by atoms with Crippen molar-refractivity contribution in [3.8, 4) is 0 Å². The maximum Gasteiger partial charge on any atom is 0.471 e. The number of ether oxygens (including phenoxy) is 3. The van der Waals surface area contributed by atoms with E-state index in [9.17, 15) is 27.9 Å². The number of carbonyl (C=O) groups is 1. The molecule has 3 heterocycles. The van der Waals surface area contributed by atoms with Gasteiger partial charge in [-0.25, -0.2) is 0 Å². The van der Waals surface area contributed by atoms with Gasteiger partial charge in [0.2, 0.25) is 0 Å². The summed E-state index contributed by atoms with van der Waals surface area (Å²) in [4.78, 5) is 27.4. The maximum absolute atomic E-state index is 13.1. The standard InChI is InChI=1S/C20H26F3N3O6S.C2H6/c1-10(2)5-6-25(17(29)20(21,22)23)7-11-8-26(18(33)24-15(11)28)16-14-13(12(9-27)30-16)31-19(3,4)32-14;1-2/h5,8,12-14,16,27H,6-7,9H2,1-4H3,(H,24,28,33);1-2H3. The first-order chi connectivity index (χ1) is 16.2. The first-order valence-corrected chi connectivity index (χ1v) is 11.6. The number of aromatic nitrogens is 2. The Bertz CT molecular complexity index is 1050. The van der Waals surface area contributed by atoms with Crippen molar-refractivity contribution in [3.05, 3.63) is 38.5 Å². The molecule has 1 amide bonds. The van der Waals surface area contributed by atoms with Crippen molar-refractivity contribution < 1.29 is 37.3 Å². The lowest BCUT2D eigenvalue weighted by molar-refractivity contribution is -0.200. The Balaban J connectivity index is 0.00000210. The average Bonchev–Trinajstić information content (AvgIpc) is 3.25. The van der Waals surface area contributed by atoms with E-state index in [0.29, 0.717) is 10.5 Å². The highest BCUT2D eigenvalue weighted by Crippen LogP contribution is 2.42. The van der Waals surface area contributed by atoms with Crippen LogP contribution in [0.4, 0.5) is 13.2 Å². The molecule has 2 saturated heterocycles. The van der Waals surface area contributed by atoms with Crippen LogP contribution in [0.15, 0.2) is 22.6 Å². The molecule has 0 aromatic carbocycles. The Morgan fingerprint density at radius 3 is 2.43 bits per heavy atom. The number of carbonyl (C=O) groups excluding carboxylic acids is 1. The summed E-state index contributed by atoms with van der Waals surface area (Å²) in [6, 6.07) is 0. The van der Waals surface area contributed by atoms with Gasteiger partial charge in [-0.2, -0.15) is 13.2 Å². The second-order valence-corrected chi connectivity index (χ2v) is 8.98. The van der Waals surface area contributed by atoms with Crippen molar-refractivity contribution in [3.63, 3.8) is 0 Å². The van der Waals surface area contributed by atoms with Crippen LogP contribution in [0.5, 0.6) is 0 Å². The van der Waals surface area contributed by atoms with E-state index >= 15 is 0 Å². The van der Waals surface area contributed by atoms with Gasteiger partial charge in [-0.1, -0.05) is 25.5 Å². The summed E-state index contributed by atoms with van der Waals surface area (Å²) in [5, 5.41) is 9.67. The van der Waals surface area contributed by atoms with Gasteiger partial charge in [0.15, 0.2) is 16.8 Å². The van der Waals surface area contributed by atoms with E-state index < -0.39 is 54.5 Å². The number of H-pyrrole nitrogens is 1. The minimum atomic E-state index is -5.10. The van der Waals surface area contributed by atoms with Gasteiger partial charge in [-0.05, 0) is 39.9 Å². The lowest BCUT2D eigenvalue weighted by atomic mass is 10.1. The first-order valence-electron chi connectivity index (χ1n) is 11.2. The molecule has 13 heteroatoms. The van der Waals surface area contributed by atoms with Crippen LogP contribution in [0.25, 0.3) is 0 Å². The number of rotatable bonds is 6. The SMILES string of the molecule is CC.CC(C)=CCN(Cc1cn(C2OC(CO)C3OC(C)(C)OC32)c(=S)[nH]c1=O)C(=O)C(F)(F)F. The zero-order chi connectivity index (χ0) is 26.7. The van der Waals surface area contributed by atoms with Crippen molar-refractivity contribution in [2.45, 2.75) is 84.6 Å². The molecule has 198 valence electrons. The van der Waals surface area contributed by atoms with Crippen LogP contribution >= 0.6 is 12.2 Å². The maximum atomic E-state index is 13.1. The summed E-state index contributed by atoms with van der Waals surface area (Å²) >= 11 is 5.24. The third-order valence-electron chi connectivity index (χ3n) is 5.23. The molecule has 2 fully saturated rings. The Labute approximate surface area is 206 Å². The Kier molecular flexibility index (Phi) is 9.45. The second kappa shape index (κ2) is 11.3. The summed E-state index contributed by atoms with van der Waals surface area (Å²) in [5.74, 6) is -3.03. The topological polar surface area (TPSA) is 106 Å². The van der Waals surface area contributed by atoms with Gasteiger partial charge in [0.25, 0.3) is 5.56 Å². The van der Waals surface area contributed by atoms with E-state index in [0.717, 1.165) is 0 Å². The van der Waals surface area contributed by atoms with Crippen molar-refractivity contribution in [1.82, 2.24) is 14.5 Å². The molecule has 2 aliphatic rings. The zero-order valence-electron chi connectivity index (χ0n) is 20.5. The molecule has 4 atom stereocenters. The van der Waals surface area contributed by atoms with Crippen LogP contribution < -0.4 is 5.56 Å².